The molecule has 35 heavy (non-hydrogen) atoms. The summed E-state index contributed by atoms with van der Waals surface area (Å²) in [6.07, 6.45) is 0.937. The van der Waals surface area contributed by atoms with Gasteiger partial charge in [-0.15, -0.1) is 0 Å². The monoisotopic (exact) mass is 509 g/mol. The summed E-state index contributed by atoms with van der Waals surface area (Å²) in [6, 6.07) is 22.5. The minimum absolute atomic E-state index is 0.0656. The molecule has 0 spiro atoms. The van der Waals surface area contributed by atoms with Crippen molar-refractivity contribution in [2.24, 2.45) is 5.92 Å². The summed E-state index contributed by atoms with van der Waals surface area (Å²) in [5, 5.41) is 7.34. The molecule has 3 aromatic carbocycles. The number of hydrogen-bond donors (Lipinski definition) is 2. The normalized spacial score (nSPS) is 18.1. The highest BCUT2D eigenvalue weighted by atomic mass is 35.5. The number of amides is 2. The van der Waals surface area contributed by atoms with Crippen LogP contribution >= 0.6 is 23.2 Å². The smallest absolute Gasteiger partial charge is 0.251 e. The van der Waals surface area contributed by atoms with E-state index in [1.165, 1.54) is 0 Å². The van der Waals surface area contributed by atoms with Crippen LogP contribution in [-0.2, 0) is 17.9 Å². The Morgan fingerprint density at radius 2 is 1.37 bits per heavy atom. The molecule has 3 aromatic rings. The van der Waals surface area contributed by atoms with E-state index in [-0.39, 0.29) is 23.7 Å². The quantitative estimate of drug-likeness (QED) is 0.455. The lowest BCUT2D eigenvalue weighted by Crippen LogP contribution is -2.45. The van der Waals surface area contributed by atoms with E-state index in [0.717, 1.165) is 36.2 Å². The second-order valence-corrected chi connectivity index (χ2v) is 9.91. The van der Waals surface area contributed by atoms with E-state index in [1.54, 1.807) is 24.3 Å². The van der Waals surface area contributed by atoms with Crippen LogP contribution in [-0.4, -0.2) is 36.9 Å². The van der Waals surface area contributed by atoms with E-state index in [4.69, 9.17) is 23.2 Å². The number of halogens is 2. The number of nitrogens with zero attached hydrogens (tertiary/aromatic N) is 1. The van der Waals surface area contributed by atoms with Gasteiger partial charge in [0.15, 0.2) is 0 Å². The van der Waals surface area contributed by atoms with Crippen molar-refractivity contribution in [2.45, 2.75) is 25.4 Å². The average molecular weight is 510 g/mol. The Bertz CT molecular complexity index is 1150. The summed E-state index contributed by atoms with van der Waals surface area (Å²) in [4.78, 5) is 27.6. The summed E-state index contributed by atoms with van der Waals surface area (Å²) >= 11 is 11.9. The maximum Gasteiger partial charge on any atom is 0.251 e. The number of likely N-dealkylation sites (tertiary alicyclic amines) is 1. The molecule has 1 heterocycles. The average Bonchev–Trinajstić information content (AvgIpc) is 2.87. The lowest BCUT2D eigenvalue weighted by atomic mass is 9.80. The first-order valence-corrected chi connectivity index (χ1v) is 12.5. The largest absolute Gasteiger partial charge is 0.352 e. The van der Waals surface area contributed by atoms with Crippen molar-refractivity contribution in [1.82, 2.24) is 15.5 Å². The van der Waals surface area contributed by atoms with Crippen LogP contribution in [0.4, 0.5) is 0 Å². The topological polar surface area (TPSA) is 61.4 Å². The van der Waals surface area contributed by atoms with E-state index < -0.39 is 0 Å². The Balaban J connectivity index is 1.31. The third-order valence-electron chi connectivity index (χ3n) is 6.50. The van der Waals surface area contributed by atoms with Gasteiger partial charge in [0, 0.05) is 35.2 Å². The second-order valence-electron chi connectivity index (χ2n) is 9.04. The van der Waals surface area contributed by atoms with Crippen LogP contribution in [0.25, 0.3) is 0 Å². The zero-order valence-electron chi connectivity index (χ0n) is 19.6. The van der Waals surface area contributed by atoms with Gasteiger partial charge in [0.2, 0.25) is 5.91 Å². The summed E-state index contributed by atoms with van der Waals surface area (Å²) in [6.45, 7) is 2.58. The molecule has 4 rings (SSSR count). The molecule has 1 fully saturated rings. The maximum absolute atomic E-state index is 13.1. The van der Waals surface area contributed by atoms with Crippen molar-refractivity contribution < 1.29 is 9.59 Å². The zero-order chi connectivity index (χ0) is 24.8. The molecule has 1 aliphatic heterocycles. The molecule has 0 bridgehead atoms. The highest BCUT2D eigenvalue weighted by Crippen LogP contribution is 2.33. The highest BCUT2D eigenvalue weighted by molar-refractivity contribution is 6.30. The highest BCUT2D eigenvalue weighted by Gasteiger charge is 2.34. The van der Waals surface area contributed by atoms with Crippen LogP contribution in [0.5, 0.6) is 0 Å². The number of rotatable bonds is 7. The number of carbonyl (C=O) groups is 2. The van der Waals surface area contributed by atoms with Gasteiger partial charge < -0.3 is 15.5 Å². The van der Waals surface area contributed by atoms with Crippen molar-refractivity contribution in [3.05, 3.63) is 105 Å². The second kappa shape index (κ2) is 11.7. The molecule has 182 valence electrons. The van der Waals surface area contributed by atoms with Crippen LogP contribution in [0.3, 0.4) is 0 Å². The maximum atomic E-state index is 13.1. The fourth-order valence-corrected chi connectivity index (χ4v) is 4.72. The van der Waals surface area contributed by atoms with Crippen molar-refractivity contribution >= 4 is 35.0 Å². The first kappa shape index (κ1) is 25.2. The minimum Gasteiger partial charge on any atom is -0.352 e. The number of carbonyl (C=O) groups excluding carboxylic acids is 2. The first-order chi connectivity index (χ1) is 16.9. The van der Waals surface area contributed by atoms with E-state index in [9.17, 15) is 9.59 Å². The van der Waals surface area contributed by atoms with Gasteiger partial charge in [-0.05, 0) is 79.0 Å². The van der Waals surface area contributed by atoms with Gasteiger partial charge in [-0.25, -0.2) is 0 Å². The number of benzene rings is 3. The van der Waals surface area contributed by atoms with Crippen molar-refractivity contribution in [2.75, 3.05) is 20.1 Å². The Kier molecular flexibility index (Phi) is 8.45. The molecule has 0 aliphatic carbocycles. The van der Waals surface area contributed by atoms with E-state index in [1.807, 2.05) is 48.5 Å². The molecule has 7 heteroatoms. The Morgan fingerprint density at radius 3 is 1.97 bits per heavy atom. The fourth-order valence-electron chi connectivity index (χ4n) is 4.47. The Hall–Kier alpha value is -2.86. The third kappa shape index (κ3) is 6.85. The number of hydrogen-bond acceptors (Lipinski definition) is 3. The standard InChI is InChI=1S/C28H29Cl2N3O2/c1-33-15-14-25(21-6-10-23(29)11-7-21)26(18-33)28(35)32-17-20-4-2-19(3-5-20)16-31-27(34)22-8-12-24(30)13-9-22/h2-13,25-26H,14-18H2,1H3,(H,31,34)(H,32,35)/t25-,26+/m0/s1. The molecular formula is C28H29Cl2N3O2. The van der Waals surface area contributed by atoms with Gasteiger partial charge in [0.05, 0.1) is 5.92 Å². The van der Waals surface area contributed by atoms with Crippen LogP contribution in [0.15, 0.2) is 72.8 Å². The summed E-state index contributed by atoms with van der Waals surface area (Å²) in [7, 11) is 2.06. The predicted octanol–water partition coefficient (Wildman–Crippen LogP) is 5.28. The summed E-state index contributed by atoms with van der Waals surface area (Å²) in [5.74, 6) is -0.0196. The molecule has 0 radical (unpaired) electrons. The van der Waals surface area contributed by atoms with E-state index >= 15 is 0 Å². The minimum atomic E-state index is -0.148. The van der Waals surface area contributed by atoms with E-state index in [2.05, 4.69) is 22.6 Å². The number of piperidine rings is 1. The predicted molar refractivity (Wildman–Crippen MR) is 141 cm³/mol. The lowest BCUT2D eigenvalue weighted by molar-refractivity contribution is -0.127. The summed E-state index contributed by atoms with van der Waals surface area (Å²) in [5.41, 5.74) is 3.73. The molecule has 2 amide bonds. The fraction of sp³-hybridized carbons (Fsp3) is 0.286. The van der Waals surface area contributed by atoms with Crippen molar-refractivity contribution in [3.63, 3.8) is 0 Å². The van der Waals surface area contributed by atoms with Gasteiger partial charge in [0.1, 0.15) is 0 Å². The molecule has 0 unspecified atom stereocenters. The van der Waals surface area contributed by atoms with Gasteiger partial charge >= 0.3 is 0 Å². The van der Waals surface area contributed by atoms with Gasteiger partial charge in [-0.3, -0.25) is 9.59 Å². The Morgan fingerprint density at radius 1 is 0.829 bits per heavy atom. The van der Waals surface area contributed by atoms with Crippen LogP contribution in [0, 0.1) is 5.92 Å². The van der Waals surface area contributed by atoms with Crippen LogP contribution in [0.2, 0.25) is 10.0 Å². The van der Waals surface area contributed by atoms with Gasteiger partial charge in [0.25, 0.3) is 5.91 Å². The van der Waals surface area contributed by atoms with E-state index in [0.29, 0.717) is 28.7 Å². The zero-order valence-corrected chi connectivity index (χ0v) is 21.1. The van der Waals surface area contributed by atoms with Crippen LogP contribution in [0.1, 0.15) is 39.4 Å². The molecule has 1 saturated heterocycles. The molecular weight excluding hydrogens is 481 g/mol. The molecule has 1 aliphatic rings. The van der Waals surface area contributed by atoms with Gasteiger partial charge in [-0.2, -0.15) is 0 Å². The lowest BCUT2D eigenvalue weighted by Gasteiger charge is -2.36. The molecule has 5 nitrogen and oxygen atoms in total. The Labute approximate surface area is 216 Å². The first-order valence-electron chi connectivity index (χ1n) is 11.7. The van der Waals surface area contributed by atoms with Crippen LogP contribution < -0.4 is 10.6 Å². The third-order valence-corrected chi connectivity index (χ3v) is 7.00. The molecule has 2 N–H and O–H groups in total. The van der Waals surface area contributed by atoms with Gasteiger partial charge in [-0.1, -0.05) is 59.6 Å². The molecule has 0 aromatic heterocycles. The SMILES string of the molecule is CN1CC[C@@H](c2ccc(Cl)cc2)[C@H](C(=O)NCc2ccc(CNC(=O)c3ccc(Cl)cc3)cc2)C1. The van der Waals surface area contributed by atoms with Crippen molar-refractivity contribution in [3.8, 4) is 0 Å². The molecule has 2 atom stereocenters. The number of nitrogens with one attached hydrogen (secondary N) is 2. The molecule has 0 saturated carbocycles. The van der Waals surface area contributed by atoms with Crippen molar-refractivity contribution in [1.29, 1.82) is 0 Å². The summed E-state index contributed by atoms with van der Waals surface area (Å²) < 4.78 is 0.